The molecule has 2 saturated heterocycles. The van der Waals surface area contributed by atoms with Crippen molar-refractivity contribution in [1.29, 1.82) is 0 Å². The minimum atomic E-state index is -3.46. The number of ketones is 1. The first-order valence-corrected chi connectivity index (χ1v) is 8.43. The maximum atomic E-state index is 12.4. The lowest BCUT2D eigenvalue weighted by Gasteiger charge is -2.53. The number of aliphatic hydroxyl groups excluding tert-OH is 1. The second-order valence-electron chi connectivity index (χ2n) is 5.70. The lowest BCUT2D eigenvalue weighted by molar-refractivity contribution is -0.167. The number of Topliss-reactive ketones (excluding diaryl/α,β-unsaturated/α-hetero) is 1. The molecular weight excluding hydrogens is 284 g/mol. The van der Waals surface area contributed by atoms with Crippen LogP contribution >= 0.6 is 0 Å². The fourth-order valence-electron chi connectivity index (χ4n) is 3.35. The summed E-state index contributed by atoms with van der Waals surface area (Å²) in [6.07, 6.45) is 1.22. The van der Waals surface area contributed by atoms with Gasteiger partial charge in [0.15, 0.2) is 5.78 Å². The van der Waals surface area contributed by atoms with Crippen LogP contribution in [0.15, 0.2) is 0 Å². The van der Waals surface area contributed by atoms with Gasteiger partial charge in [0.25, 0.3) is 0 Å². The Balaban J connectivity index is 2.25. The van der Waals surface area contributed by atoms with E-state index in [9.17, 15) is 23.1 Å². The van der Waals surface area contributed by atoms with Crippen molar-refractivity contribution < 1.29 is 23.1 Å². The van der Waals surface area contributed by atoms with Gasteiger partial charge in [0.05, 0.1) is 18.9 Å². The van der Waals surface area contributed by atoms with Gasteiger partial charge in [-0.3, -0.25) is 9.59 Å². The Bertz CT molecular complexity index is 544. The van der Waals surface area contributed by atoms with Crippen LogP contribution in [0.4, 0.5) is 0 Å². The Morgan fingerprint density at radius 2 is 2.05 bits per heavy atom. The standard InChI is InChI=1S/C12H20N2O5S/c1-8(15)10(9(2)16)13-7-12(11(13)17)5-4-6-14(12)20(3,18)19/h8,10,15H,4-7H2,1-3H3/t8-,10+,12+/m1/s1. The van der Waals surface area contributed by atoms with Crippen molar-refractivity contribution in [2.75, 3.05) is 19.3 Å². The van der Waals surface area contributed by atoms with Crippen LogP contribution in [-0.4, -0.2) is 71.4 Å². The first kappa shape index (κ1) is 15.4. The fourth-order valence-corrected chi connectivity index (χ4v) is 4.67. The third-order valence-electron chi connectivity index (χ3n) is 4.13. The van der Waals surface area contributed by atoms with Crippen LogP contribution in [0.2, 0.25) is 0 Å². The number of aliphatic hydroxyl groups is 1. The van der Waals surface area contributed by atoms with E-state index in [2.05, 4.69) is 0 Å². The quantitative estimate of drug-likeness (QED) is 0.670. The summed E-state index contributed by atoms with van der Waals surface area (Å²) >= 11 is 0. The van der Waals surface area contributed by atoms with Crippen LogP contribution in [0.5, 0.6) is 0 Å². The number of carbonyl (C=O) groups excluding carboxylic acids is 2. The minimum Gasteiger partial charge on any atom is -0.391 e. The largest absolute Gasteiger partial charge is 0.391 e. The number of hydrogen-bond donors (Lipinski definition) is 1. The third kappa shape index (κ3) is 2.15. The van der Waals surface area contributed by atoms with Crippen LogP contribution in [-0.2, 0) is 19.6 Å². The van der Waals surface area contributed by atoms with E-state index in [1.165, 1.54) is 23.1 Å². The molecule has 0 aromatic rings. The van der Waals surface area contributed by atoms with E-state index < -0.39 is 27.7 Å². The van der Waals surface area contributed by atoms with Crippen molar-refractivity contribution in [3.05, 3.63) is 0 Å². The van der Waals surface area contributed by atoms with E-state index in [0.29, 0.717) is 19.4 Å². The Kier molecular flexibility index (Phi) is 3.68. The van der Waals surface area contributed by atoms with Gasteiger partial charge in [-0.2, -0.15) is 4.31 Å². The van der Waals surface area contributed by atoms with E-state index in [4.69, 9.17) is 0 Å². The summed E-state index contributed by atoms with van der Waals surface area (Å²) in [5.74, 6) is -0.673. The van der Waals surface area contributed by atoms with Crippen LogP contribution in [0.1, 0.15) is 26.7 Å². The molecule has 3 atom stereocenters. The highest BCUT2D eigenvalue weighted by Gasteiger charge is 2.62. The van der Waals surface area contributed by atoms with Crippen molar-refractivity contribution in [2.24, 2.45) is 0 Å². The van der Waals surface area contributed by atoms with Crippen molar-refractivity contribution in [2.45, 2.75) is 44.4 Å². The van der Waals surface area contributed by atoms with Gasteiger partial charge in [0.1, 0.15) is 11.6 Å². The van der Waals surface area contributed by atoms with Crippen LogP contribution < -0.4 is 0 Å². The number of β-lactam (4-membered cyclic amide) rings is 1. The monoisotopic (exact) mass is 304 g/mol. The third-order valence-corrected chi connectivity index (χ3v) is 5.46. The molecule has 114 valence electrons. The lowest BCUT2D eigenvalue weighted by Crippen LogP contribution is -2.76. The van der Waals surface area contributed by atoms with Gasteiger partial charge in [0, 0.05) is 6.54 Å². The molecule has 0 aliphatic carbocycles. The van der Waals surface area contributed by atoms with Gasteiger partial charge < -0.3 is 10.0 Å². The zero-order valence-corrected chi connectivity index (χ0v) is 12.7. The average Bonchev–Trinajstić information content (AvgIpc) is 2.73. The first-order chi connectivity index (χ1) is 9.11. The maximum Gasteiger partial charge on any atom is 0.246 e. The predicted octanol–water partition coefficient (Wildman–Crippen LogP) is -1.04. The molecule has 2 aliphatic heterocycles. The topological polar surface area (TPSA) is 95.0 Å². The zero-order chi connectivity index (χ0) is 15.3. The summed E-state index contributed by atoms with van der Waals surface area (Å²) in [4.78, 5) is 25.3. The number of likely N-dealkylation sites (tertiary alicyclic amines) is 1. The van der Waals surface area contributed by atoms with Crippen molar-refractivity contribution in [3.8, 4) is 0 Å². The normalized spacial score (nSPS) is 30.4. The van der Waals surface area contributed by atoms with Crippen molar-refractivity contribution in [3.63, 3.8) is 0 Å². The van der Waals surface area contributed by atoms with E-state index in [-0.39, 0.29) is 18.2 Å². The van der Waals surface area contributed by atoms with Crippen LogP contribution in [0.3, 0.4) is 0 Å². The van der Waals surface area contributed by atoms with Crippen LogP contribution in [0, 0.1) is 0 Å². The predicted molar refractivity (Wildman–Crippen MR) is 71.4 cm³/mol. The summed E-state index contributed by atoms with van der Waals surface area (Å²) in [6, 6.07) is -0.893. The number of carbonyl (C=O) groups is 2. The number of nitrogens with zero attached hydrogens (tertiary/aromatic N) is 2. The summed E-state index contributed by atoms with van der Waals surface area (Å²) in [6.45, 7) is 3.28. The average molecular weight is 304 g/mol. The fraction of sp³-hybridized carbons (Fsp3) is 0.833. The van der Waals surface area contributed by atoms with Crippen molar-refractivity contribution >= 4 is 21.7 Å². The van der Waals surface area contributed by atoms with Gasteiger partial charge in [-0.05, 0) is 26.7 Å². The number of hydrogen-bond acceptors (Lipinski definition) is 5. The number of amides is 1. The second-order valence-corrected chi connectivity index (χ2v) is 7.61. The summed E-state index contributed by atoms with van der Waals surface area (Å²) in [7, 11) is -3.46. The summed E-state index contributed by atoms with van der Waals surface area (Å²) in [5, 5.41) is 9.65. The second kappa shape index (κ2) is 4.78. The molecule has 1 spiro atoms. The molecule has 0 unspecified atom stereocenters. The number of sulfonamides is 1. The molecule has 0 aromatic carbocycles. The Morgan fingerprint density at radius 1 is 1.45 bits per heavy atom. The highest BCUT2D eigenvalue weighted by molar-refractivity contribution is 7.88. The number of rotatable bonds is 4. The molecular formula is C12H20N2O5S. The van der Waals surface area contributed by atoms with Crippen LogP contribution in [0.25, 0.3) is 0 Å². The van der Waals surface area contributed by atoms with E-state index in [1.54, 1.807) is 0 Å². The first-order valence-electron chi connectivity index (χ1n) is 6.58. The highest BCUT2D eigenvalue weighted by Crippen LogP contribution is 2.41. The van der Waals surface area contributed by atoms with Gasteiger partial charge >= 0.3 is 0 Å². The Morgan fingerprint density at radius 3 is 2.45 bits per heavy atom. The maximum absolute atomic E-state index is 12.4. The Labute approximate surface area is 118 Å². The van der Waals surface area contributed by atoms with E-state index in [0.717, 1.165) is 6.26 Å². The molecule has 0 radical (unpaired) electrons. The molecule has 20 heavy (non-hydrogen) atoms. The molecule has 8 heteroatoms. The molecule has 0 saturated carbocycles. The highest BCUT2D eigenvalue weighted by atomic mass is 32.2. The van der Waals surface area contributed by atoms with Gasteiger partial charge in [-0.25, -0.2) is 8.42 Å². The molecule has 2 rings (SSSR count). The molecule has 2 fully saturated rings. The van der Waals surface area contributed by atoms with E-state index in [1.807, 2.05) is 0 Å². The smallest absolute Gasteiger partial charge is 0.246 e. The molecule has 2 aliphatic rings. The summed E-state index contributed by atoms with van der Waals surface area (Å²) in [5.41, 5.74) is -1.03. The molecule has 0 bridgehead atoms. The SMILES string of the molecule is CC(=O)[C@H]([C@@H](C)O)N1C[C@@]2(CCCN2S(C)(=O)=O)C1=O. The zero-order valence-electron chi connectivity index (χ0n) is 11.9. The van der Waals surface area contributed by atoms with Gasteiger partial charge in [0.2, 0.25) is 15.9 Å². The molecule has 1 N–H and O–H groups in total. The molecule has 7 nitrogen and oxygen atoms in total. The Hall–Kier alpha value is -0.990. The van der Waals surface area contributed by atoms with Crippen molar-refractivity contribution in [1.82, 2.24) is 9.21 Å². The molecule has 1 amide bonds. The van der Waals surface area contributed by atoms with E-state index >= 15 is 0 Å². The van der Waals surface area contributed by atoms with Gasteiger partial charge in [-0.15, -0.1) is 0 Å². The summed E-state index contributed by atoms with van der Waals surface area (Å²) < 4.78 is 24.8. The van der Waals surface area contributed by atoms with Gasteiger partial charge in [-0.1, -0.05) is 0 Å². The lowest BCUT2D eigenvalue weighted by atomic mass is 9.84. The minimum absolute atomic E-state index is 0.175. The molecule has 0 aromatic heterocycles. The molecule has 2 heterocycles.